The predicted octanol–water partition coefficient (Wildman–Crippen LogP) is 2.83. The number of amides is 3. The molecule has 39 heavy (non-hydrogen) atoms. The standard InChI is InChI=1S/C27H31N5O6S/c1-15-6-4-7-17(12-15)32(27(35)24-21(28)22(25(29)33)31-39-24)23(26(34)30-14-18-8-5-11-38-18)16-9-10-19(36-2)20(13-16)37-3/h4,6-7,9-10,12-13,18,23H,5,8,11,14,28H2,1-3H3,(H2,29,33)(H,30,34)/t18-,23-/m1/s1. The second kappa shape index (κ2) is 12.1. The summed E-state index contributed by atoms with van der Waals surface area (Å²) < 4.78 is 20.5. The number of aryl methyl sites for hydroxylation is 1. The van der Waals surface area contributed by atoms with Crippen LogP contribution in [0, 0.1) is 6.92 Å². The maximum Gasteiger partial charge on any atom is 0.273 e. The fraction of sp³-hybridized carbons (Fsp3) is 0.333. The van der Waals surface area contributed by atoms with Crippen molar-refractivity contribution < 1.29 is 28.6 Å². The van der Waals surface area contributed by atoms with E-state index in [0.29, 0.717) is 29.4 Å². The van der Waals surface area contributed by atoms with Crippen LogP contribution >= 0.6 is 11.5 Å². The number of hydrogen-bond acceptors (Lipinski definition) is 9. The number of hydrogen-bond donors (Lipinski definition) is 3. The van der Waals surface area contributed by atoms with Crippen LogP contribution < -0.4 is 31.2 Å². The van der Waals surface area contributed by atoms with E-state index >= 15 is 0 Å². The molecule has 1 saturated heterocycles. The average molecular weight is 554 g/mol. The summed E-state index contributed by atoms with van der Waals surface area (Å²) in [7, 11) is 3.00. The van der Waals surface area contributed by atoms with Gasteiger partial charge in [0.1, 0.15) is 10.9 Å². The van der Waals surface area contributed by atoms with E-state index in [9.17, 15) is 14.4 Å². The van der Waals surface area contributed by atoms with Crippen molar-refractivity contribution in [1.29, 1.82) is 0 Å². The molecule has 4 rings (SSSR count). The van der Waals surface area contributed by atoms with Crippen molar-refractivity contribution in [3.8, 4) is 11.5 Å². The first kappa shape index (κ1) is 27.9. The fourth-order valence-corrected chi connectivity index (χ4v) is 5.20. The van der Waals surface area contributed by atoms with E-state index in [0.717, 1.165) is 29.9 Å². The third-order valence-electron chi connectivity index (χ3n) is 6.41. The Kier molecular flexibility index (Phi) is 8.67. The van der Waals surface area contributed by atoms with Gasteiger partial charge in [-0.3, -0.25) is 19.3 Å². The van der Waals surface area contributed by atoms with E-state index in [2.05, 4.69) is 9.69 Å². The summed E-state index contributed by atoms with van der Waals surface area (Å²) in [5.41, 5.74) is 13.0. The van der Waals surface area contributed by atoms with Gasteiger partial charge in [-0.15, -0.1) is 0 Å². The van der Waals surface area contributed by atoms with Gasteiger partial charge in [0.25, 0.3) is 11.8 Å². The number of nitrogens with zero attached hydrogens (tertiary/aromatic N) is 2. The van der Waals surface area contributed by atoms with Gasteiger partial charge >= 0.3 is 0 Å². The first-order valence-electron chi connectivity index (χ1n) is 12.3. The minimum absolute atomic E-state index is 0.0114. The Balaban J connectivity index is 1.86. The van der Waals surface area contributed by atoms with Crippen LogP contribution in [0.25, 0.3) is 0 Å². The maximum absolute atomic E-state index is 14.2. The molecule has 3 aromatic rings. The van der Waals surface area contributed by atoms with Crippen molar-refractivity contribution in [1.82, 2.24) is 9.69 Å². The van der Waals surface area contributed by atoms with E-state index in [1.165, 1.54) is 19.1 Å². The van der Waals surface area contributed by atoms with Gasteiger partial charge in [0, 0.05) is 18.8 Å². The zero-order valence-electron chi connectivity index (χ0n) is 21.9. The lowest BCUT2D eigenvalue weighted by atomic mass is 10.0. The SMILES string of the molecule is COc1ccc([C@H](C(=O)NC[C@H]2CCCO2)N(C(=O)c2snc(C(N)=O)c2N)c2cccc(C)c2)cc1OC. The molecule has 0 saturated carbocycles. The number of aromatic nitrogens is 1. The molecule has 0 spiro atoms. The highest BCUT2D eigenvalue weighted by atomic mass is 32.1. The Bertz CT molecular complexity index is 1370. The monoisotopic (exact) mass is 553 g/mol. The summed E-state index contributed by atoms with van der Waals surface area (Å²) in [5.74, 6) is -1.06. The van der Waals surface area contributed by atoms with Crippen LogP contribution in [0.3, 0.4) is 0 Å². The highest BCUT2D eigenvalue weighted by molar-refractivity contribution is 7.09. The summed E-state index contributed by atoms with van der Waals surface area (Å²) in [6.07, 6.45) is 1.63. The Morgan fingerprint density at radius 3 is 2.56 bits per heavy atom. The topological polar surface area (TPSA) is 159 Å². The molecule has 0 aliphatic carbocycles. The Labute approximate surface area is 230 Å². The molecule has 1 aliphatic heterocycles. The normalized spacial score (nSPS) is 15.4. The third kappa shape index (κ3) is 5.96. The van der Waals surface area contributed by atoms with Crippen LogP contribution in [0.4, 0.5) is 11.4 Å². The lowest BCUT2D eigenvalue weighted by molar-refractivity contribution is -0.123. The van der Waals surface area contributed by atoms with Crippen LogP contribution in [0.2, 0.25) is 0 Å². The summed E-state index contributed by atoms with van der Waals surface area (Å²) in [5, 5.41) is 2.95. The molecule has 0 unspecified atom stereocenters. The zero-order chi connectivity index (χ0) is 28.1. The van der Waals surface area contributed by atoms with Gasteiger partial charge in [0.15, 0.2) is 17.2 Å². The Morgan fingerprint density at radius 2 is 1.95 bits per heavy atom. The number of primary amides is 1. The fourth-order valence-electron chi connectivity index (χ4n) is 4.46. The first-order chi connectivity index (χ1) is 18.7. The minimum Gasteiger partial charge on any atom is -0.493 e. The molecule has 5 N–H and O–H groups in total. The zero-order valence-corrected chi connectivity index (χ0v) is 22.7. The molecule has 1 aromatic heterocycles. The molecule has 11 nitrogen and oxygen atoms in total. The van der Waals surface area contributed by atoms with Gasteiger partial charge in [0.05, 0.1) is 26.0 Å². The molecule has 206 valence electrons. The smallest absolute Gasteiger partial charge is 0.273 e. The summed E-state index contributed by atoms with van der Waals surface area (Å²) in [4.78, 5) is 41.2. The highest BCUT2D eigenvalue weighted by Gasteiger charge is 2.37. The molecule has 0 bridgehead atoms. The van der Waals surface area contributed by atoms with Crippen molar-refractivity contribution >= 4 is 40.6 Å². The van der Waals surface area contributed by atoms with Gasteiger partial charge in [-0.05, 0) is 66.7 Å². The lowest BCUT2D eigenvalue weighted by Gasteiger charge is -2.32. The maximum atomic E-state index is 14.2. The van der Waals surface area contributed by atoms with Crippen molar-refractivity contribution in [3.05, 3.63) is 64.2 Å². The lowest BCUT2D eigenvalue weighted by Crippen LogP contribution is -2.45. The van der Waals surface area contributed by atoms with Crippen LogP contribution in [-0.2, 0) is 9.53 Å². The number of nitrogens with one attached hydrogen (secondary N) is 1. The number of nitrogens with two attached hydrogens (primary N) is 2. The van der Waals surface area contributed by atoms with E-state index in [1.54, 1.807) is 36.4 Å². The molecule has 1 fully saturated rings. The van der Waals surface area contributed by atoms with Crippen LogP contribution in [0.5, 0.6) is 11.5 Å². The van der Waals surface area contributed by atoms with Crippen LogP contribution in [0.1, 0.15) is 50.2 Å². The quantitative estimate of drug-likeness (QED) is 0.346. The number of nitrogen functional groups attached to an aromatic ring is 1. The molecule has 3 amide bonds. The van der Waals surface area contributed by atoms with Gasteiger partial charge in [-0.25, -0.2) is 0 Å². The van der Waals surface area contributed by atoms with E-state index in [-0.39, 0.29) is 28.9 Å². The van der Waals surface area contributed by atoms with Crippen LogP contribution in [0.15, 0.2) is 42.5 Å². The number of rotatable bonds is 10. The molecular weight excluding hydrogens is 522 g/mol. The first-order valence-corrected chi connectivity index (χ1v) is 13.1. The molecule has 0 radical (unpaired) electrons. The Hall–Kier alpha value is -4.16. The highest BCUT2D eigenvalue weighted by Crippen LogP contribution is 2.37. The predicted molar refractivity (Wildman–Crippen MR) is 147 cm³/mol. The molecule has 1 aliphatic rings. The second-order valence-electron chi connectivity index (χ2n) is 9.05. The average Bonchev–Trinajstić information content (AvgIpc) is 3.59. The van der Waals surface area contributed by atoms with Crippen molar-refractivity contribution in [3.63, 3.8) is 0 Å². The summed E-state index contributed by atoms with van der Waals surface area (Å²) >= 11 is 0.748. The summed E-state index contributed by atoms with van der Waals surface area (Å²) in [6.45, 7) is 2.80. The number of carbonyl (C=O) groups excluding carboxylic acids is 3. The molecular formula is C27H31N5O6S. The number of methoxy groups -OCH3 is 2. The molecule has 12 heteroatoms. The molecule has 2 aromatic carbocycles. The van der Waals surface area contributed by atoms with E-state index < -0.39 is 23.8 Å². The van der Waals surface area contributed by atoms with Gasteiger partial charge in [0.2, 0.25) is 5.91 Å². The number of carbonyl (C=O) groups is 3. The number of benzene rings is 2. The summed E-state index contributed by atoms with van der Waals surface area (Å²) in [6, 6.07) is 11.0. The molecule has 2 heterocycles. The van der Waals surface area contributed by atoms with Crippen LogP contribution in [-0.4, -0.2) is 55.6 Å². The van der Waals surface area contributed by atoms with E-state index in [1.807, 2.05) is 13.0 Å². The number of anilines is 2. The van der Waals surface area contributed by atoms with E-state index in [4.69, 9.17) is 25.7 Å². The van der Waals surface area contributed by atoms with Gasteiger partial charge < -0.3 is 31.0 Å². The van der Waals surface area contributed by atoms with Crippen molar-refractivity contribution in [2.75, 3.05) is 38.0 Å². The third-order valence-corrected chi connectivity index (χ3v) is 7.26. The van der Waals surface area contributed by atoms with Crippen molar-refractivity contribution in [2.24, 2.45) is 5.73 Å². The largest absolute Gasteiger partial charge is 0.493 e. The van der Waals surface area contributed by atoms with Gasteiger partial charge in [-0.2, -0.15) is 4.37 Å². The van der Waals surface area contributed by atoms with Crippen molar-refractivity contribution in [2.45, 2.75) is 31.9 Å². The number of ether oxygens (including phenoxy) is 3. The second-order valence-corrected chi connectivity index (χ2v) is 9.82. The minimum atomic E-state index is -1.15. The van der Waals surface area contributed by atoms with Gasteiger partial charge in [-0.1, -0.05) is 18.2 Å². The molecule has 2 atom stereocenters. The Morgan fingerprint density at radius 1 is 1.18 bits per heavy atom.